The Hall–Kier alpha value is -1.91. The van der Waals surface area contributed by atoms with Crippen molar-refractivity contribution >= 4 is 11.4 Å². The molecular weight excluding hydrogens is 156 g/mol. The standard InChI is InChI=1S/C7H6N4O/c8-7(12)6-1-5-2-9-3-11(5)4-10-6/h1-4H,(H2,8,12). The molecule has 0 aliphatic carbocycles. The molecule has 2 heterocycles. The van der Waals surface area contributed by atoms with Crippen LogP contribution in [0, 0.1) is 0 Å². The van der Waals surface area contributed by atoms with Crippen molar-refractivity contribution in [1.29, 1.82) is 0 Å². The maximum Gasteiger partial charge on any atom is 0.267 e. The van der Waals surface area contributed by atoms with Crippen molar-refractivity contribution in [2.45, 2.75) is 0 Å². The number of fused-ring (bicyclic) bond motifs is 1. The van der Waals surface area contributed by atoms with E-state index in [0.717, 1.165) is 5.52 Å². The molecule has 0 aliphatic rings. The van der Waals surface area contributed by atoms with Gasteiger partial charge in [-0.15, -0.1) is 0 Å². The second-order valence-electron chi connectivity index (χ2n) is 2.36. The Morgan fingerprint density at radius 3 is 3.08 bits per heavy atom. The summed E-state index contributed by atoms with van der Waals surface area (Å²) in [5.41, 5.74) is 6.10. The van der Waals surface area contributed by atoms with Crippen molar-refractivity contribution in [3.8, 4) is 0 Å². The van der Waals surface area contributed by atoms with Crippen LogP contribution in [0.15, 0.2) is 24.9 Å². The van der Waals surface area contributed by atoms with Gasteiger partial charge in [-0.1, -0.05) is 0 Å². The Bertz CT molecular complexity index is 434. The molecule has 0 bridgehead atoms. The van der Waals surface area contributed by atoms with Crippen LogP contribution >= 0.6 is 0 Å². The number of rotatable bonds is 1. The Labute approximate surface area is 67.9 Å². The van der Waals surface area contributed by atoms with Gasteiger partial charge in [0.25, 0.3) is 5.91 Å². The maximum absolute atomic E-state index is 10.7. The van der Waals surface area contributed by atoms with Crippen LogP contribution in [0.4, 0.5) is 0 Å². The maximum atomic E-state index is 10.7. The van der Waals surface area contributed by atoms with Crippen molar-refractivity contribution < 1.29 is 4.79 Å². The summed E-state index contributed by atoms with van der Waals surface area (Å²) < 4.78 is 1.70. The van der Waals surface area contributed by atoms with Crippen molar-refractivity contribution in [2.75, 3.05) is 0 Å². The molecule has 5 heteroatoms. The number of imidazole rings is 1. The molecule has 12 heavy (non-hydrogen) atoms. The molecule has 2 aromatic rings. The zero-order chi connectivity index (χ0) is 8.55. The Morgan fingerprint density at radius 1 is 1.50 bits per heavy atom. The lowest BCUT2D eigenvalue weighted by molar-refractivity contribution is 0.0995. The molecule has 2 rings (SSSR count). The Morgan fingerprint density at radius 2 is 2.33 bits per heavy atom. The van der Waals surface area contributed by atoms with E-state index in [2.05, 4.69) is 9.97 Å². The molecule has 1 amide bonds. The zero-order valence-electron chi connectivity index (χ0n) is 6.14. The van der Waals surface area contributed by atoms with Gasteiger partial charge in [0.15, 0.2) is 0 Å². The number of amides is 1. The molecule has 0 aromatic carbocycles. The first-order chi connectivity index (χ1) is 5.77. The highest BCUT2D eigenvalue weighted by Gasteiger charge is 2.02. The number of carbonyl (C=O) groups is 1. The van der Waals surface area contributed by atoms with E-state index in [0.29, 0.717) is 0 Å². The van der Waals surface area contributed by atoms with Gasteiger partial charge in [-0.2, -0.15) is 0 Å². The quantitative estimate of drug-likeness (QED) is 0.632. The first-order valence-electron chi connectivity index (χ1n) is 3.35. The average molecular weight is 162 g/mol. The lowest BCUT2D eigenvalue weighted by Crippen LogP contribution is -2.13. The molecule has 2 N–H and O–H groups in total. The summed E-state index contributed by atoms with van der Waals surface area (Å²) in [5, 5.41) is 0. The van der Waals surface area contributed by atoms with E-state index in [1.807, 2.05) is 0 Å². The van der Waals surface area contributed by atoms with Gasteiger partial charge in [0.05, 0.1) is 11.7 Å². The smallest absolute Gasteiger partial charge is 0.267 e. The molecule has 0 aliphatic heterocycles. The molecule has 0 saturated heterocycles. The number of hydrogen-bond acceptors (Lipinski definition) is 3. The first kappa shape index (κ1) is 6.78. The summed E-state index contributed by atoms with van der Waals surface area (Å²) in [6.07, 6.45) is 4.74. The van der Waals surface area contributed by atoms with Crippen molar-refractivity contribution in [2.24, 2.45) is 5.73 Å². The van der Waals surface area contributed by atoms with Crippen LogP contribution in [-0.4, -0.2) is 20.3 Å². The summed E-state index contributed by atoms with van der Waals surface area (Å²) in [6, 6.07) is 1.59. The van der Waals surface area contributed by atoms with Gasteiger partial charge in [0.1, 0.15) is 18.3 Å². The molecule has 5 nitrogen and oxygen atoms in total. The minimum absolute atomic E-state index is 0.253. The highest BCUT2D eigenvalue weighted by atomic mass is 16.1. The number of nitrogens with two attached hydrogens (primary N) is 1. The number of nitrogens with zero attached hydrogens (tertiary/aromatic N) is 3. The average Bonchev–Trinajstić information content (AvgIpc) is 2.49. The Balaban J connectivity index is 2.68. The van der Waals surface area contributed by atoms with Crippen LogP contribution in [0.1, 0.15) is 10.5 Å². The topological polar surface area (TPSA) is 73.3 Å². The van der Waals surface area contributed by atoms with E-state index in [-0.39, 0.29) is 5.69 Å². The SMILES string of the molecule is NC(=O)c1cc2cncn2cn1. The number of aromatic nitrogens is 3. The third kappa shape index (κ3) is 0.914. The summed E-state index contributed by atoms with van der Waals surface area (Å²) in [6.45, 7) is 0. The molecule has 0 spiro atoms. The van der Waals surface area contributed by atoms with Gasteiger partial charge in [-0.25, -0.2) is 9.97 Å². The van der Waals surface area contributed by atoms with Gasteiger partial charge >= 0.3 is 0 Å². The van der Waals surface area contributed by atoms with E-state index in [1.54, 1.807) is 23.0 Å². The van der Waals surface area contributed by atoms with Crippen molar-refractivity contribution in [3.05, 3.63) is 30.6 Å². The van der Waals surface area contributed by atoms with Crippen LogP contribution in [0.5, 0.6) is 0 Å². The number of primary amides is 1. The summed E-state index contributed by atoms with van der Waals surface area (Å²) in [5.74, 6) is -0.529. The van der Waals surface area contributed by atoms with E-state index in [4.69, 9.17) is 5.73 Å². The third-order valence-corrected chi connectivity index (χ3v) is 1.55. The highest BCUT2D eigenvalue weighted by Crippen LogP contribution is 2.01. The van der Waals surface area contributed by atoms with Gasteiger partial charge in [-0.3, -0.25) is 9.20 Å². The van der Waals surface area contributed by atoms with E-state index in [9.17, 15) is 4.79 Å². The number of carbonyl (C=O) groups excluding carboxylic acids is 1. The molecule has 0 atom stereocenters. The monoisotopic (exact) mass is 162 g/mol. The van der Waals surface area contributed by atoms with Gasteiger partial charge in [0, 0.05) is 0 Å². The molecule has 2 aromatic heterocycles. The molecule has 0 unspecified atom stereocenters. The fraction of sp³-hybridized carbons (Fsp3) is 0. The summed E-state index contributed by atoms with van der Waals surface area (Å²) in [7, 11) is 0. The van der Waals surface area contributed by atoms with Crippen LogP contribution in [0.2, 0.25) is 0 Å². The molecule has 0 saturated carbocycles. The molecule has 0 fully saturated rings. The largest absolute Gasteiger partial charge is 0.364 e. The second-order valence-corrected chi connectivity index (χ2v) is 2.36. The fourth-order valence-corrected chi connectivity index (χ4v) is 0.960. The zero-order valence-corrected chi connectivity index (χ0v) is 6.14. The normalized spacial score (nSPS) is 10.3. The van der Waals surface area contributed by atoms with Gasteiger partial charge in [0.2, 0.25) is 0 Å². The lowest BCUT2D eigenvalue weighted by atomic mass is 10.3. The molecular formula is C7H6N4O. The predicted molar refractivity (Wildman–Crippen MR) is 41.5 cm³/mol. The summed E-state index contributed by atoms with van der Waals surface area (Å²) >= 11 is 0. The first-order valence-corrected chi connectivity index (χ1v) is 3.35. The minimum Gasteiger partial charge on any atom is -0.364 e. The van der Waals surface area contributed by atoms with Crippen LogP contribution in [-0.2, 0) is 0 Å². The van der Waals surface area contributed by atoms with Crippen LogP contribution in [0.3, 0.4) is 0 Å². The van der Waals surface area contributed by atoms with Crippen LogP contribution < -0.4 is 5.73 Å². The third-order valence-electron chi connectivity index (χ3n) is 1.55. The predicted octanol–water partition coefficient (Wildman–Crippen LogP) is -0.172. The minimum atomic E-state index is -0.529. The number of hydrogen-bond donors (Lipinski definition) is 1. The fourth-order valence-electron chi connectivity index (χ4n) is 0.960. The lowest BCUT2D eigenvalue weighted by Gasteiger charge is -1.94. The van der Waals surface area contributed by atoms with Gasteiger partial charge < -0.3 is 5.73 Å². The van der Waals surface area contributed by atoms with E-state index < -0.39 is 5.91 Å². The van der Waals surface area contributed by atoms with Crippen LogP contribution in [0.25, 0.3) is 5.52 Å². The second kappa shape index (κ2) is 2.30. The summed E-state index contributed by atoms with van der Waals surface area (Å²) in [4.78, 5) is 18.4. The highest BCUT2D eigenvalue weighted by molar-refractivity contribution is 5.91. The van der Waals surface area contributed by atoms with Crippen molar-refractivity contribution in [1.82, 2.24) is 14.4 Å². The molecule has 60 valence electrons. The van der Waals surface area contributed by atoms with Gasteiger partial charge in [-0.05, 0) is 6.07 Å². The van der Waals surface area contributed by atoms with E-state index in [1.165, 1.54) is 6.33 Å². The van der Waals surface area contributed by atoms with Crippen molar-refractivity contribution in [3.63, 3.8) is 0 Å². The Kier molecular flexibility index (Phi) is 1.30. The molecule has 0 radical (unpaired) electrons. The van der Waals surface area contributed by atoms with E-state index >= 15 is 0 Å².